The molecule has 2 heterocycles. The van der Waals surface area contributed by atoms with Gasteiger partial charge in [0.15, 0.2) is 11.6 Å². The third kappa shape index (κ3) is 4.29. The highest BCUT2D eigenvalue weighted by atomic mass is 16.3. The largest absolute Gasteiger partial charge is 0.508 e. The van der Waals surface area contributed by atoms with E-state index in [0.29, 0.717) is 23.1 Å². The van der Waals surface area contributed by atoms with Gasteiger partial charge in [-0.25, -0.2) is 0 Å². The van der Waals surface area contributed by atoms with E-state index in [-0.39, 0.29) is 47.5 Å². The molecule has 2 aromatic rings. The summed E-state index contributed by atoms with van der Waals surface area (Å²) in [6.45, 7) is 4.16. The van der Waals surface area contributed by atoms with Crippen LogP contribution >= 0.6 is 0 Å². The predicted octanol–water partition coefficient (Wildman–Crippen LogP) is 4.49. The van der Waals surface area contributed by atoms with Gasteiger partial charge in [-0.15, -0.1) is 0 Å². The van der Waals surface area contributed by atoms with Gasteiger partial charge in [0.05, 0.1) is 11.8 Å². The van der Waals surface area contributed by atoms with Crippen molar-refractivity contribution in [1.29, 1.82) is 0 Å². The lowest BCUT2D eigenvalue weighted by Gasteiger charge is -2.42. The second kappa shape index (κ2) is 10.3. The molecule has 0 bridgehead atoms. The van der Waals surface area contributed by atoms with Crippen LogP contribution in [0.4, 0.5) is 0 Å². The van der Waals surface area contributed by atoms with Gasteiger partial charge in [-0.1, -0.05) is 54.1 Å². The third-order valence-corrected chi connectivity index (χ3v) is 10.00. The van der Waals surface area contributed by atoms with Crippen LogP contribution in [0.25, 0.3) is 0 Å². The fourth-order valence-corrected chi connectivity index (χ4v) is 7.97. The van der Waals surface area contributed by atoms with Crippen LogP contribution in [0.5, 0.6) is 5.75 Å². The van der Waals surface area contributed by atoms with Crippen molar-refractivity contribution >= 4 is 23.4 Å². The zero-order valence-corrected chi connectivity index (χ0v) is 23.7. The number of imide groups is 1. The molecule has 4 unspecified atom stereocenters. The summed E-state index contributed by atoms with van der Waals surface area (Å²) in [5.74, 6) is -2.24. The summed E-state index contributed by atoms with van der Waals surface area (Å²) in [7, 11) is 0. The number of hydrogen-bond acceptors (Lipinski definition) is 6. The Morgan fingerprint density at radius 1 is 0.881 bits per heavy atom. The van der Waals surface area contributed by atoms with E-state index in [9.17, 15) is 24.3 Å². The molecule has 7 nitrogen and oxygen atoms in total. The monoisotopic (exact) mass is 562 g/mol. The van der Waals surface area contributed by atoms with Crippen LogP contribution in [-0.4, -0.2) is 57.4 Å². The average molecular weight is 563 g/mol. The van der Waals surface area contributed by atoms with Crippen LogP contribution in [0.2, 0.25) is 0 Å². The van der Waals surface area contributed by atoms with E-state index in [0.717, 1.165) is 43.6 Å². The lowest BCUT2D eigenvalue weighted by molar-refractivity contribution is -0.144. The standard InChI is InChI=1S/C35H34N2O5/c1-20-17-29(39)28-18-27-25(30(32(28)33(20)40)22-7-9-24(38)10-8-22)11-12-26-31(27)35(42)37(34(26)41)23-13-15-36(16-14-23)19-21-5-3-2-4-6-21/h2-11,17,23,26-27,30-31,38H,12-16,18-19H2,1H3. The zero-order valence-electron chi connectivity index (χ0n) is 23.7. The fraction of sp³-hybridized carbons (Fsp3) is 0.371. The van der Waals surface area contributed by atoms with Crippen molar-refractivity contribution in [3.05, 3.63) is 100 Å². The summed E-state index contributed by atoms with van der Waals surface area (Å²) in [5, 5.41) is 9.94. The summed E-state index contributed by atoms with van der Waals surface area (Å²) in [6, 6.07) is 16.9. The first-order chi connectivity index (χ1) is 20.3. The molecule has 5 aliphatic rings. The number of fused-ring (bicyclic) bond motifs is 3. The Hall–Kier alpha value is -4.10. The number of likely N-dealkylation sites (tertiary alicyclic amines) is 2. The van der Waals surface area contributed by atoms with Crippen LogP contribution < -0.4 is 0 Å². The molecular formula is C35H34N2O5. The second-order valence-electron chi connectivity index (χ2n) is 12.4. The van der Waals surface area contributed by atoms with Gasteiger partial charge in [0.25, 0.3) is 0 Å². The Morgan fingerprint density at radius 2 is 1.60 bits per heavy atom. The van der Waals surface area contributed by atoms with Crippen molar-refractivity contribution in [1.82, 2.24) is 9.80 Å². The van der Waals surface area contributed by atoms with Crippen molar-refractivity contribution in [2.75, 3.05) is 13.1 Å². The molecule has 2 aromatic carbocycles. The van der Waals surface area contributed by atoms with Gasteiger partial charge >= 0.3 is 0 Å². The van der Waals surface area contributed by atoms with Gasteiger partial charge in [-0.3, -0.25) is 29.0 Å². The molecule has 42 heavy (non-hydrogen) atoms. The number of nitrogens with zero attached hydrogens (tertiary/aromatic N) is 2. The number of carbonyl (C=O) groups is 4. The van der Waals surface area contributed by atoms with E-state index in [4.69, 9.17) is 0 Å². The van der Waals surface area contributed by atoms with Gasteiger partial charge in [-0.2, -0.15) is 0 Å². The zero-order chi connectivity index (χ0) is 29.1. The van der Waals surface area contributed by atoms with E-state index in [2.05, 4.69) is 23.1 Å². The Bertz CT molecular complexity index is 1580. The first kappa shape index (κ1) is 26.8. The van der Waals surface area contributed by atoms with Crippen LogP contribution in [0, 0.1) is 17.8 Å². The summed E-state index contributed by atoms with van der Waals surface area (Å²) >= 11 is 0. The van der Waals surface area contributed by atoms with Crippen molar-refractivity contribution in [2.24, 2.45) is 17.8 Å². The predicted molar refractivity (Wildman–Crippen MR) is 156 cm³/mol. The normalized spacial score (nSPS) is 28.4. The van der Waals surface area contributed by atoms with Gasteiger partial charge in [0.1, 0.15) is 5.75 Å². The molecule has 2 amide bonds. The SMILES string of the molecule is CC1=CC(=O)C2=C(C1=O)C(c1ccc(O)cc1)C1=CCC3C(=O)N(C4CCN(Cc5ccccc5)CC4)C(=O)C3C1C2. The quantitative estimate of drug-likeness (QED) is 0.335. The van der Waals surface area contributed by atoms with E-state index < -0.39 is 17.8 Å². The number of aromatic hydroxyl groups is 1. The molecule has 4 atom stereocenters. The Kier molecular flexibility index (Phi) is 6.58. The molecule has 3 aliphatic carbocycles. The summed E-state index contributed by atoms with van der Waals surface area (Å²) in [5.41, 5.74) is 4.34. The number of rotatable bonds is 4. The maximum absolute atomic E-state index is 14.2. The highest BCUT2D eigenvalue weighted by molar-refractivity contribution is 6.23. The van der Waals surface area contributed by atoms with Crippen molar-refractivity contribution in [2.45, 2.75) is 51.1 Å². The highest BCUT2D eigenvalue weighted by Gasteiger charge is 2.57. The summed E-state index contributed by atoms with van der Waals surface area (Å²) < 4.78 is 0. The molecule has 0 spiro atoms. The smallest absolute Gasteiger partial charge is 0.233 e. The summed E-state index contributed by atoms with van der Waals surface area (Å²) in [4.78, 5) is 58.7. The van der Waals surface area contributed by atoms with Crippen LogP contribution in [0.1, 0.15) is 49.7 Å². The second-order valence-corrected chi connectivity index (χ2v) is 12.4. The van der Waals surface area contributed by atoms with Crippen molar-refractivity contribution in [3.8, 4) is 5.75 Å². The van der Waals surface area contributed by atoms with E-state index in [1.807, 2.05) is 18.2 Å². The minimum absolute atomic E-state index is 0.0930. The Balaban J connectivity index is 1.17. The van der Waals surface area contributed by atoms with E-state index in [1.165, 1.54) is 11.6 Å². The molecule has 0 aromatic heterocycles. The average Bonchev–Trinajstić information content (AvgIpc) is 3.26. The fourth-order valence-electron chi connectivity index (χ4n) is 7.97. The van der Waals surface area contributed by atoms with E-state index in [1.54, 1.807) is 36.1 Å². The maximum atomic E-state index is 14.2. The molecule has 7 rings (SSSR count). The van der Waals surface area contributed by atoms with Crippen molar-refractivity contribution in [3.63, 3.8) is 0 Å². The number of benzene rings is 2. The number of allylic oxidation sites excluding steroid dienone is 6. The van der Waals surface area contributed by atoms with Gasteiger partial charge < -0.3 is 5.11 Å². The number of carbonyl (C=O) groups excluding carboxylic acids is 4. The molecule has 0 saturated carbocycles. The first-order valence-corrected chi connectivity index (χ1v) is 14.9. The molecular weight excluding hydrogens is 528 g/mol. The minimum Gasteiger partial charge on any atom is -0.508 e. The highest BCUT2D eigenvalue weighted by Crippen LogP contribution is 2.55. The molecule has 2 aliphatic heterocycles. The van der Waals surface area contributed by atoms with Crippen LogP contribution in [0.3, 0.4) is 0 Å². The number of Topliss-reactive ketones (excluding diaryl/α,β-unsaturated/α-hetero) is 1. The van der Waals surface area contributed by atoms with E-state index >= 15 is 0 Å². The number of phenolic OH excluding ortho intramolecular Hbond substituents is 1. The third-order valence-electron chi connectivity index (χ3n) is 10.00. The van der Waals surface area contributed by atoms with Gasteiger partial charge in [0, 0.05) is 48.3 Å². The van der Waals surface area contributed by atoms with Gasteiger partial charge in [0.2, 0.25) is 11.8 Å². The van der Waals surface area contributed by atoms with Crippen LogP contribution in [0.15, 0.2) is 89.0 Å². The lowest BCUT2D eigenvalue weighted by atomic mass is 9.59. The minimum atomic E-state index is -0.539. The molecule has 1 N–H and O–H groups in total. The Labute approximate surface area is 245 Å². The number of phenols is 1. The molecule has 2 saturated heterocycles. The number of amides is 2. The number of hydrogen-bond donors (Lipinski definition) is 1. The molecule has 0 radical (unpaired) electrons. The number of piperidine rings is 1. The number of ketones is 2. The maximum Gasteiger partial charge on any atom is 0.233 e. The molecule has 2 fully saturated rings. The lowest BCUT2D eigenvalue weighted by Crippen LogP contribution is -2.47. The summed E-state index contributed by atoms with van der Waals surface area (Å²) in [6.07, 6.45) is 5.68. The Morgan fingerprint density at radius 3 is 2.31 bits per heavy atom. The van der Waals surface area contributed by atoms with Crippen LogP contribution in [-0.2, 0) is 25.7 Å². The van der Waals surface area contributed by atoms with Gasteiger partial charge in [-0.05, 0) is 67.9 Å². The molecule has 7 heteroatoms. The molecule has 214 valence electrons. The first-order valence-electron chi connectivity index (χ1n) is 14.9. The van der Waals surface area contributed by atoms with Crippen molar-refractivity contribution < 1.29 is 24.3 Å². The topological polar surface area (TPSA) is 95.0 Å².